The number of hydrogen-bond acceptors (Lipinski definition) is 6. The summed E-state index contributed by atoms with van der Waals surface area (Å²) in [7, 11) is -6.42. The van der Waals surface area contributed by atoms with Crippen molar-refractivity contribution in [1.29, 1.82) is 0 Å². The van der Waals surface area contributed by atoms with Crippen LogP contribution in [-0.4, -0.2) is 66.4 Å². The van der Waals surface area contributed by atoms with Gasteiger partial charge in [0, 0.05) is 0 Å². The van der Waals surface area contributed by atoms with E-state index in [1.165, 1.54) is 0 Å². The van der Waals surface area contributed by atoms with Gasteiger partial charge in [0.2, 0.25) is 0 Å². The quantitative estimate of drug-likeness (QED) is 0.0997. The highest BCUT2D eigenvalue weighted by atomic mass is 28.4. The molecular formula is C37H66O6Si3. The molecule has 0 spiro atoms. The summed E-state index contributed by atoms with van der Waals surface area (Å²) in [6, 6.07) is 9.81. The lowest BCUT2D eigenvalue weighted by molar-refractivity contribution is -0.126. The van der Waals surface area contributed by atoms with Crippen molar-refractivity contribution >= 4 is 30.7 Å². The highest BCUT2D eigenvalue weighted by Crippen LogP contribution is 2.43. The molecule has 6 nitrogen and oxygen atoms in total. The Balaban J connectivity index is 2.37. The molecule has 0 bridgehead atoms. The second kappa shape index (κ2) is 15.9. The lowest BCUT2D eigenvalue weighted by Crippen LogP contribution is -2.52. The summed E-state index contributed by atoms with van der Waals surface area (Å²) < 4.78 is 26.7. The van der Waals surface area contributed by atoms with Gasteiger partial charge < -0.3 is 23.1 Å². The van der Waals surface area contributed by atoms with Crippen LogP contribution in [0.15, 0.2) is 54.6 Å². The molecule has 5 atom stereocenters. The maximum absolute atomic E-state index is 13.5. The first-order valence-corrected chi connectivity index (χ1v) is 26.5. The zero-order chi connectivity index (χ0) is 35.2. The maximum Gasteiger partial charge on any atom is 0.193 e. The maximum atomic E-state index is 13.5. The number of rotatable bonds is 17. The minimum Gasteiger partial charge on any atom is -0.494 e. The van der Waals surface area contributed by atoms with Gasteiger partial charge in [-0.3, -0.25) is 4.79 Å². The third-order valence-electron chi connectivity index (χ3n) is 9.93. The zero-order valence-corrected chi connectivity index (χ0v) is 34.5. The van der Waals surface area contributed by atoms with Crippen molar-refractivity contribution in [2.75, 3.05) is 6.61 Å². The Morgan fingerprint density at radius 2 is 1.43 bits per heavy atom. The van der Waals surface area contributed by atoms with Crippen LogP contribution in [0.25, 0.3) is 0 Å². The molecule has 262 valence electrons. The third-order valence-corrected chi connectivity index (χ3v) is 19.9. The average molecular weight is 691 g/mol. The van der Waals surface area contributed by atoms with Crippen LogP contribution in [0.2, 0.25) is 55.9 Å². The second-order valence-electron chi connectivity index (χ2n) is 17.0. The van der Waals surface area contributed by atoms with Gasteiger partial charge in [0.15, 0.2) is 30.7 Å². The molecule has 1 aliphatic rings. The average Bonchev–Trinajstić information content (AvgIpc) is 3.22. The molecule has 0 amide bonds. The van der Waals surface area contributed by atoms with Crippen LogP contribution in [0.4, 0.5) is 0 Å². The predicted molar refractivity (Wildman–Crippen MR) is 200 cm³/mol. The number of aliphatic hydroxyl groups excluding tert-OH is 1. The predicted octanol–water partition coefficient (Wildman–Crippen LogP) is 9.69. The van der Waals surface area contributed by atoms with Gasteiger partial charge in [-0.25, -0.2) is 0 Å². The number of carbonyl (C=O) groups excluding carboxylic acids is 1. The lowest BCUT2D eigenvalue weighted by atomic mass is 9.81. The molecule has 46 heavy (non-hydrogen) atoms. The minimum atomic E-state index is -2.20. The van der Waals surface area contributed by atoms with E-state index in [0.29, 0.717) is 13.0 Å². The Hall–Kier alpha value is -1.34. The van der Waals surface area contributed by atoms with Crippen LogP contribution in [0.1, 0.15) is 74.1 Å². The first-order valence-electron chi connectivity index (χ1n) is 17.3. The monoisotopic (exact) mass is 690 g/mol. The van der Waals surface area contributed by atoms with Gasteiger partial charge in [-0.15, -0.1) is 0 Å². The molecule has 0 aromatic heterocycles. The normalized spacial score (nSPS) is 22.0. The molecule has 1 aromatic rings. The van der Waals surface area contributed by atoms with E-state index >= 15 is 0 Å². The number of carbonyl (C=O) groups is 1. The van der Waals surface area contributed by atoms with E-state index in [0.717, 1.165) is 25.0 Å². The van der Waals surface area contributed by atoms with Crippen molar-refractivity contribution in [2.45, 2.75) is 154 Å². The Morgan fingerprint density at radius 3 is 1.96 bits per heavy atom. The number of unbranched alkanes of at least 4 members (excludes halogenated alkanes) is 1. The third kappa shape index (κ3) is 11.4. The first kappa shape index (κ1) is 40.8. The van der Waals surface area contributed by atoms with Crippen molar-refractivity contribution in [2.24, 2.45) is 5.92 Å². The smallest absolute Gasteiger partial charge is 0.193 e. The molecule has 0 aliphatic heterocycles. The number of allylic oxidation sites excluding steroid dienone is 1. The van der Waals surface area contributed by atoms with Crippen molar-refractivity contribution in [3.05, 3.63) is 54.6 Å². The summed E-state index contributed by atoms with van der Waals surface area (Å²) in [4.78, 5) is 13.5. The summed E-state index contributed by atoms with van der Waals surface area (Å²) in [5.74, 6) is 0.0325. The van der Waals surface area contributed by atoms with Gasteiger partial charge in [0.25, 0.3) is 0 Å². The Kier molecular flexibility index (Phi) is 14.1. The van der Waals surface area contributed by atoms with Gasteiger partial charge in [0.1, 0.15) is 5.75 Å². The van der Waals surface area contributed by atoms with E-state index in [9.17, 15) is 9.90 Å². The van der Waals surface area contributed by atoms with Gasteiger partial charge >= 0.3 is 0 Å². The molecule has 9 heteroatoms. The molecule has 0 radical (unpaired) electrons. The molecule has 1 aromatic carbocycles. The standard InChI is InChI=1S/C37H66O6Si3/c1-15-32(41-45(11,12)35(2,3)4)33(42-46(13,14)36(5,6)7)24-23-30(38)34-31(39)25-27-37(34,43-44(8,9)10)26-19-20-28-40-29-21-17-16-18-22-29/h16-18,21-25,27,30,32-34,38H,15,19-20,26,28H2,1-14H3. The first-order chi connectivity index (χ1) is 20.9. The van der Waals surface area contributed by atoms with Crippen molar-refractivity contribution < 1.29 is 27.9 Å². The lowest BCUT2D eigenvalue weighted by Gasteiger charge is -2.44. The fraction of sp³-hybridized carbons (Fsp3) is 0.703. The van der Waals surface area contributed by atoms with Crippen LogP contribution in [0.5, 0.6) is 5.75 Å². The van der Waals surface area contributed by atoms with Gasteiger partial charge in [-0.2, -0.15) is 0 Å². The Morgan fingerprint density at radius 1 is 0.870 bits per heavy atom. The highest BCUT2D eigenvalue weighted by molar-refractivity contribution is 6.74. The number of para-hydroxylation sites is 1. The summed E-state index contributed by atoms with van der Waals surface area (Å²) >= 11 is 0. The summed E-state index contributed by atoms with van der Waals surface area (Å²) in [5.41, 5.74) is -0.865. The van der Waals surface area contributed by atoms with E-state index in [-0.39, 0.29) is 28.1 Å². The van der Waals surface area contributed by atoms with Crippen LogP contribution in [0, 0.1) is 5.92 Å². The fourth-order valence-corrected chi connectivity index (χ4v) is 9.44. The molecular weight excluding hydrogens is 625 g/mol. The molecule has 1 N–H and O–H groups in total. The van der Waals surface area contributed by atoms with E-state index in [4.69, 9.17) is 18.0 Å². The van der Waals surface area contributed by atoms with Crippen LogP contribution < -0.4 is 4.74 Å². The number of benzene rings is 1. The summed E-state index contributed by atoms with van der Waals surface area (Å²) in [5, 5.41) is 11.9. The van der Waals surface area contributed by atoms with Crippen molar-refractivity contribution in [1.82, 2.24) is 0 Å². The SMILES string of the molecule is CCC(O[Si](C)(C)C(C)(C)C)C(C=CC(O)C1C(=O)C=CC1(CCCCOc1ccccc1)O[Si](C)(C)C)O[Si](C)(C)C(C)(C)C. The number of ketones is 1. The molecule has 0 fully saturated rings. The van der Waals surface area contributed by atoms with Crippen molar-refractivity contribution in [3.8, 4) is 5.75 Å². The minimum absolute atomic E-state index is 0.00284. The van der Waals surface area contributed by atoms with E-state index in [2.05, 4.69) is 94.3 Å². The Bertz CT molecular complexity index is 1160. The molecule has 5 unspecified atom stereocenters. The summed E-state index contributed by atoms with van der Waals surface area (Å²) in [6.07, 6.45) is 8.77. The van der Waals surface area contributed by atoms with E-state index in [1.54, 1.807) is 12.2 Å². The molecule has 2 rings (SSSR count). The zero-order valence-electron chi connectivity index (χ0n) is 31.5. The van der Waals surface area contributed by atoms with Crippen molar-refractivity contribution in [3.63, 3.8) is 0 Å². The van der Waals surface area contributed by atoms with E-state index in [1.807, 2.05) is 42.5 Å². The Labute approximate surface area is 284 Å². The number of aliphatic hydroxyl groups is 1. The highest BCUT2D eigenvalue weighted by Gasteiger charge is 2.50. The number of hydrogen-bond donors (Lipinski definition) is 1. The summed E-state index contributed by atoms with van der Waals surface area (Å²) in [6.45, 7) is 31.6. The van der Waals surface area contributed by atoms with Gasteiger partial charge in [-0.1, -0.05) is 78.8 Å². The largest absolute Gasteiger partial charge is 0.494 e. The fourth-order valence-electron chi connectivity index (χ4n) is 5.32. The molecule has 1 aliphatic carbocycles. The van der Waals surface area contributed by atoms with E-state index < -0.39 is 42.6 Å². The van der Waals surface area contributed by atoms with Gasteiger partial charge in [0.05, 0.1) is 36.4 Å². The van der Waals surface area contributed by atoms with Crippen LogP contribution in [-0.2, 0) is 18.1 Å². The van der Waals surface area contributed by atoms with Crippen LogP contribution >= 0.6 is 0 Å². The topological polar surface area (TPSA) is 74.2 Å². The number of ether oxygens (including phenoxy) is 1. The van der Waals surface area contributed by atoms with Gasteiger partial charge in [-0.05, 0) is 106 Å². The molecule has 0 saturated carbocycles. The van der Waals surface area contributed by atoms with Crippen LogP contribution in [0.3, 0.4) is 0 Å². The molecule has 0 saturated heterocycles. The second-order valence-corrected chi connectivity index (χ2v) is 31.0. The molecule has 0 heterocycles.